The molecule has 10 nitrogen and oxygen atoms in total. The first-order chi connectivity index (χ1) is 13.3. The van der Waals surface area contributed by atoms with Crippen LogP contribution in [0.25, 0.3) is 0 Å². The van der Waals surface area contributed by atoms with E-state index in [2.05, 4.69) is 10.2 Å². The fourth-order valence-electron chi connectivity index (χ4n) is 3.73. The molecule has 1 N–H and O–H groups in total. The van der Waals surface area contributed by atoms with E-state index in [9.17, 15) is 19.6 Å². The lowest BCUT2D eigenvalue weighted by atomic mass is 9.92. The molecule has 1 unspecified atom stereocenters. The van der Waals surface area contributed by atoms with Crippen molar-refractivity contribution < 1.29 is 4.79 Å². The molecule has 3 heterocycles. The van der Waals surface area contributed by atoms with E-state index >= 15 is 0 Å². The summed E-state index contributed by atoms with van der Waals surface area (Å²) in [6.07, 6.45) is 3.13. The van der Waals surface area contributed by atoms with E-state index in [0.29, 0.717) is 24.5 Å². The molecule has 0 spiro atoms. The van der Waals surface area contributed by atoms with Gasteiger partial charge in [-0.3, -0.25) is 23.8 Å². The van der Waals surface area contributed by atoms with Crippen molar-refractivity contribution in [2.24, 2.45) is 14.1 Å². The van der Waals surface area contributed by atoms with E-state index in [1.165, 1.54) is 22.7 Å². The molecule has 1 aliphatic rings. The van der Waals surface area contributed by atoms with E-state index in [1.807, 2.05) is 11.0 Å². The van der Waals surface area contributed by atoms with Crippen LogP contribution in [0.1, 0.15) is 40.4 Å². The Morgan fingerprint density at radius 2 is 2.04 bits per heavy atom. The molecule has 148 valence electrons. The fraction of sp³-hybridized carbons (Fsp3) is 0.500. The Kier molecular flexibility index (Phi) is 5.09. The molecule has 1 fully saturated rings. The number of aromatic nitrogens is 4. The van der Waals surface area contributed by atoms with Gasteiger partial charge in [0, 0.05) is 47.2 Å². The maximum atomic E-state index is 12.4. The summed E-state index contributed by atoms with van der Waals surface area (Å²) in [5.74, 6) is 0.140. The lowest BCUT2D eigenvalue weighted by Crippen LogP contribution is -2.45. The van der Waals surface area contributed by atoms with Gasteiger partial charge in [0.15, 0.2) is 5.56 Å². The van der Waals surface area contributed by atoms with Crippen molar-refractivity contribution in [3.8, 4) is 6.07 Å². The van der Waals surface area contributed by atoms with Crippen LogP contribution >= 0.6 is 0 Å². The lowest BCUT2D eigenvalue weighted by molar-refractivity contribution is 0.0826. The smallest absolute Gasteiger partial charge is 0.332 e. The molecule has 3 rings (SSSR count). The molecular weight excluding hydrogens is 362 g/mol. The largest absolute Gasteiger partial charge is 0.356 e. The van der Waals surface area contributed by atoms with Crippen molar-refractivity contribution in [1.29, 1.82) is 5.26 Å². The Morgan fingerprint density at radius 3 is 2.68 bits per heavy atom. The second kappa shape index (κ2) is 7.34. The quantitative estimate of drug-likeness (QED) is 0.779. The van der Waals surface area contributed by atoms with Gasteiger partial charge in [0.25, 0.3) is 11.5 Å². The average Bonchev–Trinajstić information content (AvgIpc) is 3.18. The molecule has 0 aliphatic carbocycles. The Labute approximate surface area is 161 Å². The van der Waals surface area contributed by atoms with Crippen LogP contribution in [0.2, 0.25) is 0 Å². The van der Waals surface area contributed by atoms with Crippen LogP contribution in [0, 0.1) is 11.3 Å². The molecule has 1 atom stereocenters. The topological polar surface area (TPSA) is 120 Å². The van der Waals surface area contributed by atoms with Crippen LogP contribution in [0.15, 0.2) is 15.8 Å². The van der Waals surface area contributed by atoms with Crippen molar-refractivity contribution in [2.75, 3.05) is 32.1 Å². The molecule has 2 aromatic heterocycles. The van der Waals surface area contributed by atoms with Crippen molar-refractivity contribution >= 4 is 11.7 Å². The van der Waals surface area contributed by atoms with Crippen molar-refractivity contribution in [1.82, 2.24) is 24.2 Å². The molecule has 28 heavy (non-hydrogen) atoms. The van der Waals surface area contributed by atoms with Crippen LogP contribution in [0.4, 0.5) is 5.82 Å². The predicted molar refractivity (Wildman–Crippen MR) is 102 cm³/mol. The minimum Gasteiger partial charge on any atom is -0.356 e. The van der Waals surface area contributed by atoms with Crippen LogP contribution in [0.3, 0.4) is 0 Å². The molecule has 1 aliphatic heterocycles. The zero-order chi connectivity index (χ0) is 20.6. The molecule has 1 amide bonds. The number of nitrogens with zero attached hydrogens (tertiary/aromatic N) is 6. The highest BCUT2D eigenvalue weighted by Gasteiger charge is 2.30. The van der Waals surface area contributed by atoms with Gasteiger partial charge in [-0.2, -0.15) is 10.4 Å². The Hall–Kier alpha value is -3.35. The number of nitrogens with one attached hydrogen (secondary N) is 1. The average molecular weight is 385 g/mol. The highest BCUT2D eigenvalue weighted by molar-refractivity contribution is 5.94. The van der Waals surface area contributed by atoms with Crippen molar-refractivity contribution in [3.63, 3.8) is 0 Å². The minimum absolute atomic E-state index is 0.0409. The van der Waals surface area contributed by atoms with Crippen molar-refractivity contribution in [2.45, 2.75) is 18.8 Å². The number of anilines is 1. The van der Waals surface area contributed by atoms with E-state index in [1.54, 1.807) is 21.1 Å². The summed E-state index contributed by atoms with van der Waals surface area (Å²) < 4.78 is 2.27. The zero-order valence-electron chi connectivity index (χ0n) is 16.4. The van der Waals surface area contributed by atoms with Crippen LogP contribution in [-0.2, 0) is 14.1 Å². The van der Waals surface area contributed by atoms with Gasteiger partial charge in [-0.1, -0.05) is 0 Å². The molecule has 0 radical (unpaired) electrons. The maximum Gasteiger partial charge on any atom is 0.332 e. The number of H-pyrrole nitrogens is 1. The number of amides is 1. The van der Waals surface area contributed by atoms with Gasteiger partial charge in [0.2, 0.25) is 0 Å². The first kappa shape index (κ1) is 19.4. The normalized spacial score (nSPS) is 16.7. The zero-order valence-corrected chi connectivity index (χ0v) is 16.4. The third kappa shape index (κ3) is 3.09. The van der Waals surface area contributed by atoms with Crippen LogP contribution in [-0.4, -0.2) is 57.3 Å². The molecule has 2 aromatic rings. The van der Waals surface area contributed by atoms with E-state index in [-0.39, 0.29) is 17.4 Å². The van der Waals surface area contributed by atoms with Gasteiger partial charge >= 0.3 is 5.69 Å². The Bertz CT molecular complexity index is 1070. The lowest BCUT2D eigenvalue weighted by Gasteiger charge is -2.35. The summed E-state index contributed by atoms with van der Waals surface area (Å²) in [4.78, 5) is 40.6. The minimum atomic E-state index is -0.604. The van der Waals surface area contributed by atoms with Gasteiger partial charge in [0.05, 0.1) is 17.5 Å². The van der Waals surface area contributed by atoms with Gasteiger partial charge in [-0.05, 0) is 12.8 Å². The highest BCUT2D eigenvalue weighted by Crippen LogP contribution is 2.31. The standard InChI is InChI=1S/C18H23N7O3/c1-22(2)16(26)13-9-20-21-14(13)11-6-5-7-25(10-11)15-12(8-19)17(27)24(4)18(28)23(15)3/h9,11H,5-7,10H2,1-4H3,(H,20,21). The first-order valence-corrected chi connectivity index (χ1v) is 8.97. The number of piperidine rings is 1. The summed E-state index contributed by atoms with van der Waals surface area (Å²) >= 11 is 0. The summed E-state index contributed by atoms with van der Waals surface area (Å²) in [6, 6.07) is 1.95. The Morgan fingerprint density at radius 1 is 1.32 bits per heavy atom. The third-order valence-electron chi connectivity index (χ3n) is 5.18. The number of carbonyl (C=O) groups excluding carboxylic acids is 1. The second-order valence-electron chi connectivity index (χ2n) is 7.20. The van der Waals surface area contributed by atoms with E-state index in [4.69, 9.17) is 0 Å². The number of nitriles is 1. The number of hydrogen-bond acceptors (Lipinski definition) is 6. The fourth-order valence-corrected chi connectivity index (χ4v) is 3.73. The number of aromatic amines is 1. The first-order valence-electron chi connectivity index (χ1n) is 8.97. The van der Waals surface area contributed by atoms with Gasteiger partial charge in [0.1, 0.15) is 11.9 Å². The molecule has 0 bridgehead atoms. The molecule has 0 aromatic carbocycles. The van der Waals surface area contributed by atoms with E-state index in [0.717, 1.165) is 23.1 Å². The number of rotatable bonds is 3. The van der Waals surface area contributed by atoms with Gasteiger partial charge in [-0.15, -0.1) is 0 Å². The van der Waals surface area contributed by atoms with Crippen LogP contribution < -0.4 is 16.1 Å². The molecule has 10 heteroatoms. The van der Waals surface area contributed by atoms with E-state index < -0.39 is 11.2 Å². The summed E-state index contributed by atoms with van der Waals surface area (Å²) in [5, 5.41) is 16.5. The maximum absolute atomic E-state index is 12.4. The summed E-state index contributed by atoms with van der Waals surface area (Å²) in [7, 11) is 6.28. The number of carbonyl (C=O) groups is 1. The third-order valence-corrected chi connectivity index (χ3v) is 5.18. The molecule has 0 saturated carbocycles. The van der Waals surface area contributed by atoms with Crippen molar-refractivity contribution in [3.05, 3.63) is 43.9 Å². The van der Waals surface area contributed by atoms with Gasteiger partial charge < -0.3 is 9.80 Å². The van der Waals surface area contributed by atoms with Crippen LogP contribution in [0.5, 0.6) is 0 Å². The summed E-state index contributed by atoms with van der Waals surface area (Å²) in [5.41, 5.74) is 0.101. The second-order valence-corrected chi connectivity index (χ2v) is 7.20. The molecular formula is C18H23N7O3. The number of hydrogen-bond donors (Lipinski definition) is 1. The molecule has 1 saturated heterocycles. The van der Waals surface area contributed by atoms with Gasteiger partial charge in [-0.25, -0.2) is 4.79 Å². The summed E-state index contributed by atoms with van der Waals surface area (Å²) in [6.45, 7) is 1.07. The SMILES string of the molecule is CN(C)C(=O)c1cn[nH]c1C1CCCN(c2c(C#N)c(=O)n(C)c(=O)n2C)C1. The monoisotopic (exact) mass is 385 g/mol. The Balaban J connectivity index is 2.02. The highest BCUT2D eigenvalue weighted by atomic mass is 16.2. The predicted octanol–water partition coefficient (Wildman–Crippen LogP) is -0.235.